The van der Waals surface area contributed by atoms with Crippen molar-refractivity contribution >= 4 is 28.9 Å². The van der Waals surface area contributed by atoms with E-state index in [1.165, 1.54) is 6.07 Å². The molecule has 1 aliphatic heterocycles. The second-order valence-electron chi connectivity index (χ2n) is 3.85. The number of thiocarbonyl (C=S) groups is 1. The normalized spacial score (nSPS) is 19.6. The van der Waals surface area contributed by atoms with Crippen LogP contribution in [0.5, 0.6) is 0 Å². The molecule has 7 nitrogen and oxygen atoms in total. The lowest BCUT2D eigenvalue weighted by Crippen LogP contribution is -2.48. The summed E-state index contributed by atoms with van der Waals surface area (Å²) in [6, 6.07) is 3.23. The number of carbonyl (C=O) groups is 1. The minimum Gasteiger partial charge on any atom is -0.391 e. The molecule has 18 heavy (non-hydrogen) atoms. The third-order valence-corrected chi connectivity index (χ3v) is 2.87. The van der Waals surface area contributed by atoms with Gasteiger partial charge in [-0.2, -0.15) is 0 Å². The average Bonchev–Trinajstić information content (AvgIpc) is 2.39. The maximum absolute atomic E-state index is 10.9. The first-order chi connectivity index (χ1) is 8.58. The van der Waals surface area contributed by atoms with Crippen LogP contribution in [0.25, 0.3) is 0 Å². The summed E-state index contributed by atoms with van der Waals surface area (Å²) >= 11 is 4.90. The van der Waals surface area contributed by atoms with Gasteiger partial charge in [-0.15, -0.1) is 10.2 Å². The van der Waals surface area contributed by atoms with Gasteiger partial charge in [0.2, 0.25) is 0 Å². The number of hydrogen-bond acceptors (Lipinski definition) is 6. The highest BCUT2D eigenvalue weighted by molar-refractivity contribution is 7.80. The van der Waals surface area contributed by atoms with Crippen molar-refractivity contribution < 1.29 is 9.53 Å². The fraction of sp³-hybridized carbons (Fsp3) is 0.400. The van der Waals surface area contributed by atoms with Gasteiger partial charge < -0.3 is 21.1 Å². The topological polar surface area (TPSA) is 107 Å². The van der Waals surface area contributed by atoms with Crippen LogP contribution in [0.2, 0.25) is 0 Å². The molecular weight excluding hydrogens is 254 g/mol. The first kappa shape index (κ1) is 12.7. The fourth-order valence-corrected chi connectivity index (χ4v) is 1.80. The number of amides is 1. The molecule has 0 spiro atoms. The van der Waals surface area contributed by atoms with Crippen LogP contribution >= 0.6 is 12.2 Å². The maximum atomic E-state index is 10.9. The number of rotatable bonds is 3. The number of anilines is 1. The summed E-state index contributed by atoms with van der Waals surface area (Å²) in [7, 11) is 0. The van der Waals surface area contributed by atoms with Gasteiger partial charge in [-0.05, 0) is 12.1 Å². The van der Waals surface area contributed by atoms with Crippen molar-refractivity contribution in [2.75, 3.05) is 24.6 Å². The van der Waals surface area contributed by atoms with E-state index in [1.807, 2.05) is 4.90 Å². The van der Waals surface area contributed by atoms with E-state index in [0.29, 0.717) is 30.5 Å². The van der Waals surface area contributed by atoms with E-state index < -0.39 is 5.91 Å². The van der Waals surface area contributed by atoms with Gasteiger partial charge in [-0.25, -0.2) is 0 Å². The molecule has 0 aliphatic carbocycles. The van der Waals surface area contributed by atoms with Crippen LogP contribution in [0.15, 0.2) is 12.1 Å². The Kier molecular flexibility index (Phi) is 3.68. The van der Waals surface area contributed by atoms with Gasteiger partial charge in [0, 0.05) is 6.54 Å². The highest BCUT2D eigenvalue weighted by Gasteiger charge is 2.23. The van der Waals surface area contributed by atoms with E-state index >= 15 is 0 Å². The number of morpholine rings is 1. The Balaban J connectivity index is 2.11. The minimum absolute atomic E-state index is 0.137. The van der Waals surface area contributed by atoms with E-state index in [0.717, 1.165) is 0 Å². The first-order valence-electron chi connectivity index (χ1n) is 5.37. The van der Waals surface area contributed by atoms with E-state index in [4.69, 9.17) is 28.4 Å². The Morgan fingerprint density at radius 2 is 2.22 bits per heavy atom. The molecule has 0 radical (unpaired) electrons. The molecule has 1 aromatic heterocycles. The van der Waals surface area contributed by atoms with Crippen LogP contribution in [0.3, 0.4) is 0 Å². The SMILES string of the molecule is NC(=O)c1ccc(N2CCOC(C(N)=S)C2)nn1. The van der Waals surface area contributed by atoms with Crippen molar-refractivity contribution in [3.8, 4) is 0 Å². The molecular formula is C10H13N5O2S. The van der Waals surface area contributed by atoms with Gasteiger partial charge in [0.1, 0.15) is 11.1 Å². The second-order valence-corrected chi connectivity index (χ2v) is 4.32. The Morgan fingerprint density at radius 1 is 1.44 bits per heavy atom. The zero-order valence-corrected chi connectivity index (χ0v) is 10.4. The Morgan fingerprint density at radius 3 is 2.78 bits per heavy atom. The van der Waals surface area contributed by atoms with Crippen LogP contribution in [-0.2, 0) is 4.74 Å². The molecule has 1 atom stereocenters. The summed E-state index contributed by atoms with van der Waals surface area (Å²) < 4.78 is 5.42. The van der Waals surface area contributed by atoms with Crippen LogP contribution in [0.1, 0.15) is 10.5 Å². The summed E-state index contributed by atoms with van der Waals surface area (Å²) in [6.07, 6.45) is -0.286. The van der Waals surface area contributed by atoms with Gasteiger partial charge in [-0.1, -0.05) is 12.2 Å². The number of nitrogens with zero attached hydrogens (tertiary/aromatic N) is 3. The molecule has 1 unspecified atom stereocenters. The standard InChI is InChI=1S/C10H13N5O2S/c11-9(16)6-1-2-8(14-13-6)15-3-4-17-7(5-15)10(12)18/h1-2,7H,3-5H2,(H2,11,16)(H2,12,18). The van der Waals surface area contributed by atoms with Crippen molar-refractivity contribution in [3.63, 3.8) is 0 Å². The number of nitrogens with two attached hydrogens (primary N) is 2. The second kappa shape index (κ2) is 5.23. The number of ether oxygens (including phenoxy) is 1. The largest absolute Gasteiger partial charge is 0.391 e. The van der Waals surface area contributed by atoms with E-state index in [2.05, 4.69) is 10.2 Å². The molecule has 1 saturated heterocycles. The highest BCUT2D eigenvalue weighted by Crippen LogP contribution is 2.14. The van der Waals surface area contributed by atoms with Gasteiger partial charge >= 0.3 is 0 Å². The van der Waals surface area contributed by atoms with Gasteiger partial charge in [-0.3, -0.25) is 4.79 Å². The van der Waals surface area contributed by atoms with Crippen LogP contribution in [0.4, 0.5) is 5.82 Å². The Labute approximate surface area is 109 Å². The Bertz CT molecular complexity index is 464. The molecule has 8 heteroatoms. The van der Waals surface area contributed by atoms with Gasteiger partial charge in [0.15, 0.2) is 11.5 Å². The predicted molar refractivity (Wildman–Crippen MR) is 69.3 cm³/mol. The van der Waals surface area contributed by atoms with Gasteiger partial charge in [0.25, 0.3) is 5.91 Å². The number of carbonyl (C=O) groups excluding carboxylic acids is 1. The summed E-state index contributed by atoms with van der Waals surface area (Å²) in [6.45, 7) is 1.71. The lowest BCUT2D eigenvalue weighted by Gasteiger charge is -2.32. The molecule has 96 valence electrons. The zero-order chi connectivity index (χ0) is 13.1. The van der Waals surface area contributed by atoms with Crippen LogP contribution in [0, 0.1) is 0 Å². The third-order valence-electron chi connectivity index (χ3n) is 2.61. The number of hydrogen-bond donors (Lipinski definition) is 2. The highest BCUT2D eigenvalue weighted by atomic mass is 32.1. The minimum atomic E-state index is -0.600. The maximum Gasteiger partial charge on any atom is 0.269 e. The molecule has 1 fully saturated rings. The quantitative estimate of drug-likeness (QED) is 0.681. The monoisotopic (exact) mass is 267 g/mol. The average molecular weight is 267 g/mol. The fourth-order valence-electron chi connectivity index (χ4n) is 1.65. The lowest BCUT2D eigenvalue weighted by atomic mass is 10.2. The first-order valence-corrected chi connectivity index (χ1v) is 5.78. The summed E-state index contributed by atoms with van der Waals surface area (Å²) in [5.74, 6) is 0.0431. The van der Waals surface area contributed by atoms with Crippen molar-refractivity contribution in [2.24, 2.45) is 11.5 Å². The summed E-state index contributed by atoms with van der Waals surface area (Å²) in [5.41, 5.74) is 10.8. The lowest BCUT2D eigenvalue weighted by molar-refractivity contribution is 0.0843. The zero-order valence-electron chi connectivity index (χ0n) is 9.57. The predicted octanol–water partition coefficient (Wildman–Crippen LogP) is -0.933. The summed E-state index contributed by atoms with van der Waals surface area (Å²) in [4.78, 5) is 13.2. The molecule has 1 aromatic rings. The molecule has 1 aliphatic rings. The molecule has 2 heterocycles. The molecule has 2 rings (SSSR count). The molecule has 4 N–H and O–H groups in total. The number of primary amides is 1. The smallest absolute Gasteiger partial charge is 0.269 e. The van der Waals surface area contributed by atoms with Crippen molar-refractivity contribution in [1.82, 2.24) is 10.2 Å². The van der Waals surface area contributed by atoms with Crippen molar-refractivity contribution in [1.29, 1.82) is 0 Å². The molecule has 0 aromatic carbocycles. The van der Waals surface area contributed by atoms with Crippen LogP contribution in [-0.4, -0.2) is 46.9 Å². The van der Waals surface area contributed by atoms with E-state index in [1.54, 1.807) is 6.07 Å². The van der Waals surface area contributed by atoms with Crippen molar-refractivity contribution in [3.05, 3.63) is 17.8 Å². The third kappa shape index (κ3) is 2.71. The Hall–Kier alpha value is -1.80. The molecule has 1 amide bonds. The van der Waals surface area contributed by atoms with Crippen LogP contribution < -0.4 is 16.4 Å². The molecule has 0 saturated carbocycles. The molecule has 0 bridgehead atoms. The number of aromatic nitrogens is 2. The van der Waals surface area contributed by atoms with E-state index in [9.17, 15) is 4.79 Å². The summed E-state index contributed by atoms with van der Waals surface area (Å²) in [5, 5.41) is 7.71. The van der Waals surface area contributed by atoms with Crippen molar-refractivity contribution in [2.45, 2.75) is 6.10 Å². The van der Waals surface area contributed by atoms with Gasteiger partial charge in [0.05, 0.1) is 13.2 Å². The van der Waals surface area contributed by atoms with E-state index in [-0.39, 0.29) is 11.8 Å².